The van der Waals surface area contributed by atoms with Crippen molar-refractivity contribution in [3.05, 3.63) is 65.9 Å². The van der Waals surface area contributed by atoms with Crippen molar-refractivity contribution >= 4 is 38.0 Å². The fourth-order valence-electron chi connectivity index (χ4n) is 3.62. The second-order valence-electron chi connectivity index (χ2n) is 8.26. The summed E-state index contributed by atoms with van der Waals surface area (Å²) in [5.41, 5.74) is 4.85. The number of benzene rings is 1. The molecule has 5 rings (SSSR count). The molecule has 0 bridgehead atoms. The standard InChI is InChI=1S/C20H18N6O2.C3H7.CH3.FH.Sb/c1-12-2-3-13(19-23-11-28-25-19)6-16(12)24-20(27)17-9-22-18-5-4-14(10-26(17)18)15-7-21-8-15;1-3-2;;;/h2-6,9-11,15,21H,7-8H2,1H3,(H,24,27);1,3H2,2H3;1H3;1H;/q;;;;+1/p-1. The molecule has 1 aromatic carbocycles. The van der Waals surface area contributed by atoms with Crippen LogP contribution in [0.5, 0.6) is 0 Å². The second kappa shape index (κ2) is 11.1. The van der Waals surface area contributed by atoms with E-state index >= 15 is 0 Å². The van der Waals surface area contributed by atoms with Crippen LogP contribution in [0.15, 0.2) is 53.6 Å². The summed E-state index contributed by atoms with van der Waals surface area (Å²) in [7, 11) is 0. The fourth-order valence-corrected chi connectivity index (χ4v) is 5.38. The maximum absolute atomic E-state index is 13.0. The van der Waals surface area contributed by atoms with E-state index in [1.807, 2.05) is 48.7 Å². The van der Waals surface area contributed by atoms with Crippen LogP contribution in [0.4, 0.5) is 8.50 Å². The smallest absolute Gasteiger partial charge is 0.274 e. The van der Waals surface area contributed by atoms with Crippen LogP contribution in [-0.2, 0) is 0 Å². The largest absolute Gasteiger partial charge is 0.342 e. The van der Waals surface area contributed by atoms with Gasteiger partial charge in [0, 0.05) is 36.5 Å². The molecule has 1 aliphatic rings. The van der Waals surface area contributed by atoms with E-state index in [1.165, 1.54) is 12.0 Å². The average molecular weight is 573 g/mol. The molecule has 0 saturated carbocycles. The van der Waals surface area contributed by atoms with Crippen molar-refractivity contribution in [2.75, 3.05) is 18.4 Å². The molecular weight excluding hydrogens is 545 g/mol. The molecule has 1 amide bonds. The minimum atomic E-state index is -2.01. The number of halogens is 1. The van der Waals surface area contributed by atoms with Gasteiger partial charge in [-0.15, -0.1) is 0 Å². The van der Waals surface area contributed by atoms with E-state index < -0.39 is 20.8 Å². The summed E-state index contributed by atoms with van der Waals surface area (Å²) in [5.74, 6) is 0.741. The molecule has 4 heterocycles. The van der Waals surface area contributed by atoms with Crippen molar-refractivity contribution in [1.82, 2.24) is 24.8 Å². The number of carbonyl (C=O) groups is 1. The molecule has 1 fully saturated rings. The Morgan fingerprint density at radius 3 is 2.74 bits per heavy atom. The van der Waals surface area contributed by atoms with Gasteiger partial charge in [-0.2, -0.15) is 4.98 Å². The Bertz CT molecular complexity index is 1250. The molecule has 0 aliphatic carbocycles. The normalized spacial score (nSPS) is 13.4. The molecule has 2 N–H and O–H groups in total. The minimum absolute atomic E-state index is 0.218. The Kier molecular flexibility index (Phi) is 7.95. The minimum Gasteiger partial charge on any atom is -0.342 e. The molecule has 0 unspecified atom stereocenters. The number of rotatable bonds is 6. The van der Waals surface area contributed by atoms with Crippen LogP contribution >= 0.6 is 0 Å². The van der Waals surface area contributed by atoms with Crippen molar-refractivity contribution in [1.29, 1.82) is 0 Å². The third-order valence-electron chi connectivity index (χ3n) is 5.65. The van der Waals surface area contributed by atoms with Crippen LogP contribution in [0.3, 0.4) is 0 Å². The van der Waals surface area contributed by atoms with Crippen molar-refractivity contribution in [2.45, 2.75) is 35.4 Å². The van der Waals surface area contributed by atoms with Crippen LogP contribution in [0.2, 0.25) is 9.24 Å². The number of fused-ring (bicyclic) bond motifs is 1. The SMILES string of the molecule is CC[CH2][Sb]([CH3])[F].Cc1ccc(-c2ncon2)cc1NC(=O)c1cnc2ccc(C3CNC3)cn12. The molecule has 34 heavy (non-hydrogen) atoms. The fraction of sp³-hybridized carbons (Fsp3) is 0.333. The number of anilines is 1. The van der Waals surface area contributed by atoms with Gasteiger partial charge in [-0.1, -0.05) is 23.4 Å². The number of hydrogen-bond donors (Lipinski definition) is 2. The zero-order chi connectivity index (χ0) is 24.1. The zero-order valence-corrected chi connectivity index (χ0v) is 22.0. The Hall–Kier alpha value is -2.77. The van der Waals surface area contributed by atoms with Crippen LogP contribution in [0, 0.1) is 6.92 Å². The van der Waals surface area contributed by atoms with E-state index in [-0.39, 0.29) is 5.91 Å². The van der Waals surface area contributed by atoms with Crippen molar-refractivity contribution in [2.24, 2.45) is 0 Å². The Morgan fingerprint density at radius 1 is 1.29 bits per heavy atom. The molecule has 0 spiro atoms. The van der Waals surface area contributed by atoms with E-state index in [2.05, 4.69) is 31.8 Å². The first-order chi connectivity index (χ1) is 16.5. The second-order valence-corrected chi connectivity index (χ2v) is 13.0. The van der Waals surface area contributed by atoms with Gasteiger partial charge >= 0.3 is 46.2 Å². The van der Waals surface area contributed by atoms with Gasteiger partial charge in [0.25, 0.3) is 5.91 Å². The Labute approximate surface area is 205 Å². The van der Waals surface area contributed by atoms with Gasteiger partial charge < -0.3 is 15.2 Å². The number of pyridine rings is 1. The number of aromatic nitrogens is 4. The molecule has 178 valence electrons. The molecule has 1 saturated heterocycles. The number of aryl methyl sites for hydroxylation is 1. The maximum atomic E-state index is 13.0. The van der Waals surface area contributed by atoms with Gasteiger partial charge in [-0.25, -0.2) is 4.98 Å². The van der Waals surface area contributed by atoms with Gasteiger partial charge in [0.15, 0.2) is 0 Å². The predicted octanol–water partition coefficient (Wildman–Crippen LogP) is 4.62. The van der Waals surface area contributed by atoms with E-state index in [4.69, 9.17) is 4.52 Å². The molecule has 4 aromatic rings. The third-order valence-corrected chi connectivity index (χ3v) is 8.69. The van der Waals surface area contributed by atoms with Crippen LogP contribution in [0.25, 0.3) is 17.0 Å². The summed E-state index contributed by atoms with van der Waals surface area (Å²) in [5, 5.41) is 10.1. The van der Waals surface area contributed by atoms with Gasteiger partial charge in [0.1, 0.15) is 11.3 Å². The predicted molar refractivity (Wildman–Crippen MR) is 131 cm³/mol. The van der Waals surface area contributed by atoms with Gasteiger partial charge in [-0.3, -0.25) is 9.20 Å². The number of carbonyl (C=O) groups excluding carboxylic acids is 1. The first-order valence-electron chi connectivity index (χ1n) is 11.2. The van der Waals surface area contributed by atoms with Crippen LogP contribution < -0.4 is 10.6 Å². The number of hydrogen-bond acceptors (Lipinski definition) is 6. The van der Waals surface area contributed by atoms with Crippen molar-refractivity contribution in [3.8, 4) is 11.4 Å². The summed E-state index contributed by atoms with van der Waals surface area (Å²) in [6.45, 7) is 5.89. The van der Waals surface area contributed by atoms with Gasteiger partial charge in [0.2, 0.25) is 12.2 Å². The van der Waals surface area contributed by atoms with Gasteiger partial charge in [-0.05, 0) is 30.2 Å². The van der Waals surface area contributed by atoms with E-state index in [0.29, 0.717) is 23.1 Å². The van der Waals surface area contributed by atoms with Gasteiger partial charge in [0.05, 0.1) is 6.20 Å². The summed E-state index contributed by atoms with van der Waals surface area (Å²) < 4.78 is 19.4. The maximum Gasteiger partial charge on any atom is 0.274 e. The zero-order valence-electron chi connectivity index (χ0n) is 19.5. The van der Waals surface area contributed by atoms with E-state index in [1.54, 1.807) is 11.1 Å². The van der Waals surface area contributed by atoms with E-state index in [9.17, 15) is 7.61 Å². The van der Waals surface area contributed by atoms with Crippen molar-refractivity contribution in [3.63, 3.8) is 0 Å². The first-order valence-corrected chi connectivity index (χ1v) is 16.5. The number of nitrogens with zero attached hydrogens (tertiary/aromatic N) is 4. The monoisotopic (exact) mass is 572 g/mol. The number of nitrogens with one attached hydrogen (secondary N) is 2. The summed E-state index contributed by atoms with van der Waals surface area (Å²) in [6, 6.07) is 9.67. The van der Waals surface area contributed by atoms with E-state index in [0.717, 1.165) is 40.7 Å². The summed E-state index contributed by atoms with van der Waals surface area (Å²) in [4.78, 5) is 23.2. The quantitative estimate of drug-likeness (QED) is 0.327. The molecule has 0 atom stereocenters. The number of amides is 1. The molecule has 3 aromatic heterocycles. The first kappa shape index (κ1) is 24.4. The molecule has 0 radical (unpaired) electrons. The summed E-state index contributed by atoms with van der Waals surface area (Å²) >= 11 is -2.01. The molecule has 1 aliphatic heterocycles. The average Bonchev–Trinajstić information content (AvgIpc) is 3.44. The number of imidazole rings is 1. The van der Waals surface area contributed by atoms with Crippen molar-refractivity contribution < 1.29 is 12.1 Å². The molecular formula is C24H28FN6O2Sb. The third kappa shape index (κ3) is 5.65. The summed E-state index contributed by atoms with van der Waals surface area (Å²) in [6.07, 6.45) is 5.92. The van der Waals surface area contributed by atoms with Crippen LogP contribution in [0.1, 0.15) is 40.9 Å². The topological polar surface area (TPSA) is 97.4 Å². The molecule has 10 heteroatoms. The molecule has 8 nitrogen and oxygen atoms in total. The Balaban J connectivity index is 0.000000408. The van der Waals surface area contributed by atoms with Crippen LogP contribution in [-0.4, -0.2) is 59.3 Å². The Morgan fingerprint density at radius 2 is 2.12 bits per heavy atom.